The lowest BCUT2D eigenvalue weighted by molar-refractivity contribution is 0.204. The molecule has 0 bridgehead atoms. The van der Waals surface area contributed by atoms with Crippen LogP contribution in [0.5, 0.6) is 0 Å². The van der Waals surface area contributed by atoms with Gasteiger partial charge in [-0.2, -0.15) is 8.42 Å². The van der Waals surface area contributed by atoms with Crippen molar-refractivity contribution in [3.05, 3.63) is 60.7 Å². The number of unbranched alkanes of at least 4 members (excludes halogenated alkanes) is 24. The van der Waals surface area contributed by atoms with Gasteiger partial charge < -0.3 is 5.11 Å². The van der Waals surface area contributed by atoms with E-state index in [1.807, 2.05) is 6.07 Å². The topological polar surface area (TPSA) is 97.7 Å². The van der Waals surface area contributed by atoms with Crippen LogP contribution in [0.15, 0.2) is 70.5 Å². The summed E-state index contributed by atoms with van der Waals surface area (Å²) in [5.41, 5.74) is 0. The molecule has 0 fully saturated rings. The van der Waals surface area contributed by atoms with Crippen LogP contribution in [0.25, 0.3) is 0 Å². The van der Waals surface area contributed by atoms with E-state index in [4.69, 9.17) is 14.9 Å². The third-order valence-electron chi connectivity index (χ3n) is 11.6. The summed E-state index contributed by atoms with van der Waals surface area (Å²) in [5.74, 6) is 0.922. The summed E-state index contributed by atoms with van der Waals surface area (Å²) in [6.45, 7) is 9.77. The summed E-state index contributed by atoms with van der Waals surface area (Å²) in [6.07, 6.45) is 42.1. The van der Waals surface area contributed by atoms with Crippen molar-refractivity contribution in [1.82, 2.24) is 0 Å². The largest absolute Gasteiger partial charge is 0.396 e. The highest BCUT2D eigenvalue weighted by atomic mass is 35.7. The van der Waals surface area contributed by atoms with Crippen LogP contribution in [0.1, 0.15) is 233 Å². The number of aliphatic hydroxyl groups excluding tert-OH is 1. The van der Waals surface area contributed by atoms with E-state index in [1.165, 1.54) is 205 Å². The molecule has 0 amide bonds. The molecule has 356 valence electrons. The van der Waals surface area contributed by atoms with Crippen LogP contribution in [0.4, 0.5) is 0 Å². The maximum atomic E-state index is 12.5. The summed E-state index contributed by atoms with van der Waals surface area (Å²) >= 11 is 0. The molecule has 2 aromatic rings. The molecule has 0 heterocycles. The first-order valence-electron chi connectivity index (χ1n) is 25.1. The molecule has 2 unspecified atom stereocenters. The maximum Gasteiger partial charge on any atom is 0.296 e. The van der Waals surface area contributed by atoms with Crippen molar-refractivity contribution in [3.8, 4) is 0 Å². The molecule has 61 heavy (non-hydrogen) atoms. The third kappa shape index (κ3) is 37.6. The van der Waals surface area contributed by atoms with Crippen molar-refractivity contribution in [2.45, 2.75) is 243 Å². The van der Waals surface area contributed by atoms with Crippen LogP contribution in [0.3, 0.4) is 0 Å². The van der Waals surface area contributed by atoms with Gasteiger partial charge in [0.1, 0.15) is 0 Å². The Labute approximate surface area is 382 Å². The average Bonchev–Trinajstić information content (AvgIpc) is 3.26. The molecule has 2 aromatic carbocycles. The summed E-state index contributed by atoms with van der Waals surface area (Å²) < 4.78 is 51.6. The van der Waals surface area contributed by atoms with Gasteiger partial charge in [-0.25, -0.2) is 8.42 Å². The highest BCUT2D eigenvalue weighted by Gasteiger charge is 2.18. The predicted molar refractivity (Wildman–Crippen MR) is 264 cm³/mol. The van der Waals surface area contributed by atoms with E-state index in [0.29, 0.717) is 25.0 Å². The normalized spacial score (nSPS) is 12.6. The summed E-state index contributed by atoms with van der Waals surface area (Å²) in [7, 11) is -2.15. The Morgan fingerprint density at radius 3 is 0.984 bits per heavy atom. The number of aliphatic hydroxyl groups is 1. The fraction of sp³-hybridized carbons (Fsp3) is 0.769. The van der Waals surface area contributed by atoms with Gasteiger partial charge in [0, 0.05) is 17.3 Å². The second kappa shape index (κ2) is 42.5. The lowest BCUT2D eigenvalue weighted by Crippen LogP contribution is -2.15. The number of hydrogen-bond donors (Lipinski definition) is 1. The minimum Gasteiger partial charge on any atom is -0.396 e. The second-order valence-corrected chi connectivity index (χ2v) is 21.5. The van der Waals surface area contributed by atoms with Crippen molar-refractivity contribution in [2.24, 2.45) is 11.8 Å². The van der Waals surface area contributed by atoms with Crippen LogP contribution < -0.4 is 0 Å². The van der Waals surface area contributed by atoms with Gasteiger partial charge in [0.15, 0.2) is 0 Å². The van der Waals surface area contributed by atoms with Crippen LogP contribution in [0, 0.1) is 11.8 Å². The molecule has 9 heteroatoms. The van der Waals surface area contributed by atoms with Crippen molar-refractivity contribution in [3.63, 3.8) is 0 Å². The molecule has 0 aliphatic heterocycles. The molecule has 0 radical (unpaired) electrons. The van der Waals surface area contributed by atoms with Gasteiger partial charge in [-0.3, -0.25) is 4.18 Å². The van der Waals surface area contributed by atoms with Crippen molar-refractivity contribution in [2.75, 3.05) is 13.2 Å². The molecule has 0 aliphatic carbocycles. The minimum absolute atomic E-state index is 0.136. The fourth-order valence-corrected chi connectivity index (χ4v) is 9.41. The van der Waals surface area contributed by atoms with Gasteiger partial charge in [-0.15, -0.1) is 0 Å². The zero-order valence-electron chi connectivity index (χ0n) is 39.7. The van der Waals surface area contributed by atoms with Gasteiger partial charge in [0.25, 0.3) is 19.2 Å². The smallest absolute Gasteiger partial charge is 0.296 e. The highest BCUT2D eigenvalue weighted by Crippen LogP contribution is 2.23. The highest BCUT2D eigenvalue weighted by molar-refractivity contribution is 8.13. The van der Waals surface area contributed by atoms with E-state index in [2.05, 4.69) is 27.7 Å². The Balaban J connectivity index is 0.000000998. The Hall–Kier alpha value is -1.45. The summed E-state index contributed by atoms with van der Waals surface area (Å²) in [5, 5.41) is 9.47. The van der Waals surface area contributed by atoms with Crippen LogP contribution in [-0.4, -0.2) is 35.2 Å². The molecular formula is C52H93ClO6S2. The Morgan fingerprint density at radius 1 is 0.426 bits per heavy atom. The van der Waals surface area contributed by atoms with E-state index in [-0.39, 0.29) is 9.79 Å². The van der Waals surface area contributed by atoms with Gasteiger partial charge in [0.2, 0.25) is 0 Å². The predicted octanol–water partition coefficient (Wildman–Crippen LogP) is 16.8. The van der Waals surface area contributed by atoms with Gasteiger partial charge in [-0.1, -0.05) is 244 Å². The van der Waals surface area contributed by atoms with Gasteiger partial charge >= 0.3 is 0 Å². The lowest BCUT2D eigenvalue weighted by Gasteiger charge is -2.17. The van der Waals surface area contributed by atoms with Gasteiger partial charge in [-0.05, 0) is 61.8 Å². The zero-order valence-corrected chi connectivity index (χ0v) is 42.0. The Bertz CT molecular complexity index is 1410. The van der Waals surface area contributed by atoms with Crippen LogP contribution >= 0.6 is 10.7 Å². The minimum atomic E-state index is -3.65. The molecule has 0 spiro atoms. The first-order valence-corrected chi connectivity index (χ1v) is 28.8. The van der Waals surface area contributed by atoms with E-state index in [1.54, 1.807) is 42.5 Å². The number of rotatable bonds is 38. The molecule has 6 nitrogen and oxygen atoms in total. The maximum absolute atomic E-state index is 12.5. The SMILES string of the molecule is CCCCCCCCCCC(CCCCCCCC)COS(=O)(=O)c1ccccc1.CCCCCCCCCCC(CO)CCCCCCCC.O=S(=O)(Cl)c1ccccc1. The van der Waals surface area contributed by atoms with Crippen molar-refractivity contribution >= 4 is 29.9 Å². The lowest BCUT2D eigenvalue weighted by atomic mass is 9.95. The quantitative estimate of drug-likeness (QED) is 0.0409. The van der Waals surface area contributed by atoms with E-state index in [0.717, 1.165) is 12.8 Å². The fourth-order valence-electron chi connectivity index (χ4n) is 7.62. The molecule has 2 atom stereocenters. The van der Waals surface area contributed by atoms with Crippen LogP contribution in [-0.2, 0) is 23.4 Å². The molecule has 0 aliphatic rings. The first-order chi connectivity index (χ1) is 29.5. The number of hydrogen-bond acceptors (Lipinski definition) is 6. The molecule has 0 aromatic heterocycles. The first kappa shape index (κ1) is 59.5. The Morgan fingerprint density at radius 2 is 0.705 bits per heavy atom. The third-order valence-corrected chi connectivity index (χ3v) is 14.3. The van der Waals surface area contributed by atoms with Crippen molar-refractivity contribution in [1.29, 1.82) is 0 Å². The number of halogens is 1. The number of benzene rings is 2. The summed E-state index contributed by atoms with van der Waals surface area (Å²) in [6, 6.07) is 16.4. The molecule has 0 saturated heterocycles. The monoisotopic (exact) mass is 913 g/mol. The van der Waals surface area contributed by atoms with Crippen LogP contribution in [0.2, 0.25) is 0 Å². The molecular weight excluding hydrogens is 820 g/mol. The van der Waals surface area contributed by atoms with E-state index in [9.17, 15) is 21.9 Å². The molecule has 0 saturated carbocycles. The standard InChI is InChI=1S/C26H46O3S.C20H42O.C6H5ClO2S/c1-3-5-7-9-11-12-14-17-21-25(20-16-13-10-8-6-4-2)24-29-30(27,28)26-22-18-15-19-23-26;1-3-5-7-9-11-12-14-16-18-20(19-21)17-15-13-10-8-6-4-2;7-10(8,9)6-4-2-1-3-5-6/h15,18-19,22-23,25H,3-14,16-17,20-21,24H2,1-2H3;20-21H,3-19H2,1-2H3;1-5H. The van der Waals surface area contributed by atoms with Gasteiger partial charge in [0.05, 0.1) is 16.4 Å². The van der Waals surface area contributed by atoms with Crippen molar-refractivity contribution < 1.29 is 26.1 Å². The second-order valence-electron chi connectivity index (χ2n) is 17.4. The summed E-state index contributed by atoms with van der Waals surface area (Å²) in [4.78, 5) is 0.395. The molecule has 2 rings (SSSR count). The van der Waals surface area contributed by atoms with E-state index < -0.39 is 19.2 Å². The zero-order chi connectivity index (χ0) is 45.1. The Kier molecular flexibility index (Phi) is 41.5. The average molecular weight is 914 g/mol. The van der Waals surface area contributed by atoms with E-state index >= 15 is 0 Å². The molecule has 1 N–H and O–H groups in total.